The first-order valence-corrected chi connectivity index (χ1v) is 15.2. The largest absolute Gasteiger partial charge is 0.368 e. The molecule has 4 heterocycles. The predicted octanol–water partition coefficient (Wildman–Crippen LogP) is 5.77. The van der Waals surface area contributed by atoms with E-state index in [0.717, 1.165) is 102 Å². The number of amides is 1. The number of aromatic amines is 2. The highest BCUT2D eigenvalue weighted by Crippen LogP contribution is 2.36. The van der Waals surface area contributed by atoms with Crippen molar-refractivity contribution in [2.24, 2.45) is 5.92 Å². The highest BCUT2D eigenvalue weighted by Gasteiger charge is 2.20. The number of carbonyl (C=O) groups is 1. The van der Waals surface area contributed by atoms with E-state index in [9.17, 15) is 4.79 Å². The zero-order chi connectivity index (χ0) is 28.6. The minimum absolute atomic E-state index is 0.0955. The molecular formula is C34H39N7O. The van der Waals surface area contributed by atoms with Crippen molar-refractivity contribution in [3.05, 3.63) is 66.2 Å². The fourth-order valence-corrected chi connectivity index (χ4v) is 6.60. The van der Waals surface area contributed by atoms with Crippen LogP contribution in [0.4, 0.5) is 11.4 Å². The number of nitrogens with one attached hydrogen (secondary N) is 4. The van der Waals surface area contributed by atoms with Gasteiger partial charge in [0.05, 0.1) is 11.2 Å². The summed E-state index contributed by atoms with van der Waals surface area (Å²) in [5.74, 6) is 0.555. The summed E-state index contributed by atoms with van der Waals surface area (Å²) in [6.07, 6.45) is 2.71. The van der Waals surface area contributed by atoms with E-state index >= 15 is 0 Å². The lowest BCUT2D eigenvalue weighted by Crippen LogP contribution is -2.44. The molecule has 2 aromatic heterocycles. The second kappa shape index (κ2) is 11.3. The Morgan fingerprint density at radius 1 is 0.952 bits per heavy atom. The van der Waals surface area contributed by atoms with Gasteiger partial charge in [-0.15, -0.1) is 0 Å². The third-order valence-corrected chi connectivity index (χ3v) is 9.04. The Balaban J connectivity index is 1.19. The van der Waals surface area contributed by atoms with Gasteiger partial charge in [0, 0.05) is 60.3 Å². The molecule has 2 saturated heterocycles. The third kappa shape index (κ3) is 5.28. The molecule has 0 spiro atoms. The van der Waals surface area contributed by atoms with Crippen molar-refractivity contribution in [1.82, 2.24) is 25.4 Å². The van der Waals surface area contributed by atoms with Crippen LogP contribution in [0.15, 0.2) is 60.7 Å². The number of hydrogen-bond acceptors (Lipinski definition) is 5. The molecule has 2 aliphatic rings. The van der Waals surface area contributed by atoms with Gasteiger partial charge >= 0.3 is 0 Å². The van der Waals surface area contributed by atoms with Gasteiger partial charge < -0.3 is 25.4 Å². The molecule has 0 aliphatic carbocycles. The quantitative estimate of drug-likeness (QED) is 0.211. The standard InChI is InChI=1S/C34H39N7O/c1-22-17-30-28(20-26(22)24-5-3-6-25(19-24)36-33(42)18-23-9-11-35-12-10-23)34(39-38-30)31-21-27-29(37-31)7-4-8-32(27)41-15-13-40(2)14-16-41/h3-8,17,19-21,23,35,37H,9-16,18H2,1-2H3,(H,36,42)(H,38,39). The van der Waals surface area contributed by atoms with E-state index in [1.54, 1.807) is 0 Å². The molecule has 42 heavy (non-hydrogen) atoms. The van der Waals surface area contributed by atoms with Crippen LogP contribution in [0, 0.1) is 12.8 Å². The summed E-state index contributed by atoms with van der Waals surface area (Å²) in [7, 11) is 2.19. The lowest BCUT2D eigenvalue weighted by Gasteiger charge is -2.34. The predicted molar refractivity (Wildman–Crippen MR) is 172 cm³/mol. The Morgan fingerprint density at radius 2 is 1.76 bits per heavy atom. The Bertz CT molecular complexity index is 1740. The van der Waals surface area contributed by atoms with Crippen molar-refractivity contribution in [2.75, 3.05) is 56.5 Å². The van der Waals surface area contributed by atoms with Crippen LogP contribution in [0.25, 0.3) is 44.3 Å². The Labute approximate surface area is 246 Å². The number of carbonyl (C=O) groups excluding carboxylic acids is 1. The first-order valence-electron chi connectivity index (χ1n) is 15.2. The van der Waals surface area contributed by atoms with E-state index in [1.165, 1.54) is 11.1 Å². The molecule has 0 unspecified atom stereocenters. The number of hydrogen-bond donors (Lipinski definition) is 4. The minimum Gasteiger partial charge on any atom is -0.368 e. The van der Waals surface area contributed by atoms with Gasteiger partial charge in [0.2, 0.25) is 5.91 Å². The number of nitrogens with zero attached hydrogens (tertiary/aromatic N) is 3. The molecule has 7 rings (SSSR count). The third-order valence-electron chi connectivity index (χ3n) is 9.04. The number of aryl methyl sites for hydroxylation is 1. The highest BCUT2D eigenvalue weighted by molar-refractivity contribution is 6.01. The molecular weight excluding hydrogens is 522 g/mol. The van der Waals surface area contributed by atoms with Crippen LogP contribution in [0.3, 0.4) is 0 Å². The second-order valence-electron chi connectivity index (χ2n) is 12.0. The maximum Gasteiger partial charge on any atom is 0.224 e. The normalized spacial score (nSPS) is 16.9. The second-order valence-corrected chi connectivity index (χ2v) is 12.0. The van der Waals surface area contributed by atoms with Crippen molar-refractivity contribution < 1.29 is 4.79 Å². The molecule has 3 aromatic carbocycles. The summed E-state index contributed by atoms with van der Waals surface area (Å²) in [5.41, 5.74) is 9.54. The molecule has 8 heteroatoms. The Kier molecular flexibility index (Phi) is 7.17. The number of aromatic nitrogens is 3. The average molecular weight is 562 g/mol. The number of H-pyrrole nitrogens is 2. The van der Waals surface area contributed by atoms with Gasteiger partial charge in [-0.05, 0) is 105 Å². The topological polar surface area (TPSA) is 92.1 Å². The fourth-order valence-electron chi connectivity index (χ4n) is 6.60. The summed E-state index contributed by atoms with van der Waals surface area (Å²) in [6.45, 7) is 8.33. The minimum atomic E-state index is 0.0955. The number of piperidine rings is 1. The molecule has 2 fully saturated rings. The number of anilines is 2. The van der Waals surface area contributed by atoms with Crippen molar-refractivity contribution in [2.45, 2.75) is 26.2 Å². The van der Waals surface area contributed by atoms with Crippen LogP contribution >= 0.6 is 0 Å². The number of likely N-dealkylation sites (N-methyl/N-ethyl adjacent to an activating group) is 1. The lowest BCUT2D eigenvalue weighted by atomic mass is 9.94. The molecule has 0 radical (unpaired) electrons. The van der Waals surface area contributed by atoms with E-state index in [0.29, 0.717) is 12.3 Å². The van der Waals surface area contributed by atoms with Gasteiger partial charge in [-0.1, -0.05) is 18.2 Å². The van der Waals surface area contributed by atoms with Gasteiger partial charge in [-0.2, -0.15) is 5.10 Å². The van der Waals surface area contributed by atoms with Crippen molar-refractivity contribution in [3.8, 4) is 22.5 Å². The SMILES string of the molecule is Cc1cc2[nH]nc(-c3cc4c(N5CCN(C)CC5)cccc4[nH]3)c2cc1-c1cccc(NC(=O)CC2CCNCC2)c1. The summed E-state index contributed by atoms with van der Waals surface area (Å²) in [6, 6.07) is 21.3. The van der Waals surface area contributed by atoms with Gasteiger partial charge in [0.25, 0.3) is 0 Å². The van der Waals surface area contributed by atoms with Crippen molar-refractivity contribution in [1.29, 1.82) is 0 Å². The zero-order valence-electron chi connectivity index (χ0n) is 24.5. The van der Waals surface area contributed by atoms with Crippen LogP contribution in [0.2, 0.25) is 0 Å². The number of piperazine rings is 1. The molecule has 5 aromatic rings. The summed E-state index contributed by atoms with van der Waals surface area (Å²) in [4.78, 5) is 21.3. The average Bonchev–Trinajstić information content (AvgIpc) is 3.61. The van der Waals surface area contributed by atoms with E-state index < -0.39 is 0 Å². The summed E-state index contributed by atoms with van der Waals surface area (Å²) >= 11 is 0. The van der Waals surface area contributed by atoms with Gasteiger partial charge in [0.1, 0.15) is 5.69 Å². The van der Waals surface area contributed by atoms with E-state index in [-0.39, 0.29) is 5.91 Å². The van der Waals surface area contributed by atoms with Crippen molar-refractivity contribution >= 4 is 39.1 Å². The monoisotopic (exact) mass is 561 g/mol. The Hall–Kier alpha value is -4.14. The molecule has 8 nitrogen and oxygen atoms in total. The summed E-state index contributed by atoms with van der Waals surface area (Å²) < 4.78 is 0. The van der Waals surface area contributed by atoms with Crippen LogP contribution in [0.1, 0.15) is 24.8 Å². The first-order chi connectivity index (χ1) is 20.5. The molecule has 0 bridgehead atoms. The van der Waals surface area contributed by atoms with Crippen molar-refractivity contribution in [3.63, 3.8) is 0 Å². The Morgan fingerprint density at radius 3 is 2.60 bits per heavy atom. The van der Waals surface area contributed by atoms with Crippen LogP contribution in [0.5, 0.6) is 0 Å². The summed E-state index contributed by atoms with van der Waals surface area (Å²) in [5, 5.41) is 16.9. The molecule has 4 N–H and O–H groups in total. The highest BCUT2D eigenvalue weighted by atomic mass is 16.1. The molecule has 0 atom stereocenters. The van der Waals surface area contributed by atoms with Crippen LogP contribution in [-0.4, -0.2) is 72.3 Å². The molecule has 0 saturated carbocycles. The zero-order valence-corrected chi connectivity index (χ0v) is 24.5. The molecule has 1 amide bonds. The van der Waals surface area contributed by atoms with Crippen LogP contribution < -0.4 is 15.5 Å². The van der Waals surface area contributed by atoms with Crippen LogP contribution in [-0.2, 0) is 4.79 Å². The van der Waals surface area contributed by atoms with Gasteiger partial charge in [-0.25, -0.2) is 0 Å². The lowest BCUT2D eigenvalue weighted by molar-refractivity contribution is -0.117. The first kappa shape index (κ1) is 26.7. The van der Waals surface area contributed by atoms with E-state index in [2.05, 4.69) is 93.0 Å². The van der Waals surface area contributed by atoms with E-state index in [1.807, 2.05) is 12.1 Å². The number of benzene rings is 3. The maximum atomic E-state index is 12.8. The fraction of sp³-hybridized carbons (Fsp3) is 0.353. The van der Waals surface area contributed by atoms with E-state index in [4.69, 9.17) is 5.10 Å². The molecule has 2 aliphatic heterocycles. The van der Waals surface area contributed by atoms with Gasteiger partial charge in [0.15, 0.2) is 0 Å². The maximum absolute atomic E-state index is 12.8. The number of rotatable bonds is 6. The number of fused-ring (bicyclic) bond motifs is 2. The molecule has 216 valence electrons. The smallest absolute Gasteiger partial charge is 0.224 e. The van der Waals surface area contributed by atoms with Gasteiger partial charge in [-0.3, -0.25) is 9.89 Å².